The van der Waals surface area contributed by atoms with E-state index in [4.69, 9.17) is 0 Å². The van der Waals surface area contributed by atoms with Crippen LogP contribution in [0.25, 0.3) is 0 Å². The molecule has 0 aromatic carbocycles. The molecular weight excluding hydrogens is 132 g/mol. The van der Waals surface area contributed by atoms with Crippen molar-refractivity contribution in [3.05, 3.63) is 12.3 Å². The third-order valence-corrected chi connectivity index (χ3v) is 1.49. The third-order valence-electron chi connectivity index (χ3n) is 1.14. The molecule has 9 heavy (non-hydrogen) atoms. The lowest BCUT2D eigenvalue weighted by molar-refractivity contribution is 0.494. The fraction of sp³-hybridized carbons (Fsp3) is 0.500. The van der Waals surface area contributed by atoms with Crippen LogP contribution >= 0.6 is 12.6 Å². The van der Waals surface area contributed by atoms with Crippen molar-refractivity contribution in [3.63, 3.8) is 0 Å². The molecule has 0 N–H and O–H groups in total. The Hall–Kier alpha value is -0.440. The van der Waals surface area contributed by atoms with Gasteiger partial charge in [0.1, 0.15) is 0 Å². The zero-order valence-electron chi connectivity index (χ0n) is 5.57. The third kappa shape index (κ3) is 1.27. The zero-order chi connectivity index (χ0) is 6.85. The molecule has 1 rings (SSSR count). The Balaban J connectivity index is 2.94. The summed E-state index contributed by atoms with van der Waals surface area (Å²) in [5.74, 6) is 0. The number of aromatic nitrogens is 2. The van der Waals surface area contributed by atoms with E-state index < -0.39 is 0 Å². The quantitative estimate of drug-likeness (QED) is 0.591. The van der Waals surface area contributed by atoms with Gasteiger partial charge < -0.3 is 0 Å². The Morgan fingerprint density at radius 1 is 1.67 bits per heavy atom. The first-order valence-corrected chi connectivity index (χ1v) is 3.39. The number of thiol groups is 1. The molecule has 0 fully saturated rings. The van der Waals surface area contributed by atoms with Gasteiger partial charge in [-0.1, -0.05) is 0 Å². The molecule has 0 atom stereocenters. The molecule has 0 aliphatic rings. The molecule has 0 saturated heterocycles. The maximum Gasteiger partial charge on any atom is 0.0912 e. The zero-order valence-corrected chi connectivity index (χ0v) is 6.47. The highest BCUT2D eigenvalue weighted by Crippen LogP contribution is 2.10. The Labute approximate surface area is 60.3 Å². The van der Waals surface area contributed by atoms with E-state index in [0.29, 0.717) is 6.04 Å². The van der Waals surface area contributed by atoms with E-state index in [9.17, 15) is 0 Å². The van der Waals surface area contributed by atoms with Crippen molar-refractivity contribution in [3.8, 4) is 0 Å². The molecule has 1 aromatic heterocycles. The van der Waals surface area contributed by atoms with E-state index in [0.717, 1.165) is 5.03 Å². The van der Waals surface area contributed by atoms with Crippen molar-refractivity contribution in [2.45, 2.75) is 24.9 Å². The second kappa shape index (κ2) is 2.43. The van der Waals surface area contributed by atoms with Crippen LogP contribution in [0.2, 0.25) is 0 Å². The Bertz CT molecular complexity index is 193. The fourth-order valence-corrected chi connectivity index (χ4v) is 1.05. The van der Waals surface area contributed by atoms with E-state index >= 15 is 0 Å². The molecule has 0 radical (unpaired) electrons. The molecular formula is C6H10N2S. The van der Waals surface area contributed by atoms with Crippen LogP contribution in [0.15, 0.2) is 17.3 Å². The van der Waals surface area contributed by atoms with E-state index in [2.05, 4.69) is 31.6 Å². The summed E-state index contributed by atoms with van der Waals surface area (Å²) in [4.78, 5) is 0. The highest BCUT2D eigenvalue weighted by Gasteiger charge is 1.99. The van der Waals surface area contributed by atoms with Crippen LogP contribution in [0.4, 0.5) is 0 Å². The molecule has 0 saturated carbocycles. The van der Waals surface area contributed by atoms with Crippen molar-refractivity contribution >= 4 is 12.6 Å². The van der Waals surface area contributed by atoms with Crippen LogP contribution in [-0.2, 0) is 0 Å². The van der Waals surface area contributed by atoms with Gasteiger partial charge in [0, 0.05) is 6.04 Å². The van der Waals surface area contributed by atoms with E-state index in [-0.39, 0.29) is 0 Å². The summed E-state index contributed by atoms with van der Waals surface area (Å²) in [6, 6.07) is 2.29. The molecule has 50 valence electrons. The predicted molar refractivity (Wildman–Crippen MR) is 39.9 cm³/mol. The van der Waals surface area contributed by atoms with Crippen LogP contribution in [0, 0.1) is 0 Å². The van der Waals surface area contributed by atoms with E-state index in [1.807, 2.05) is 10.7 Å². The summed E-state index contributed by atoms with van der Waals surface area (Å²) in [5.41, 5.74) is 0. The lowest BCUT2D eigenvalue weighted by atomic mass is 10.4. The van der Waals surface area contributed by atoms with Crippen molar-refractivity contribution in [1.29, 1.82) is 0 Å². The molecule has 0 bridgehead atoms. The Kier molecular flexibility index (Phi) is 1.81. The summed E-state index contributed by atoms with van der Waals surface area (Å²) in [6.07, 6.45) is 1.75. The molecule has 0 unspecified atom stereocenters. The molecule has 0 aliphatic heterocycles. The van der Waals surface area contributed by atoms with Gasteiger partial charge in [-0.3, -0.25) is 4.68 Å². The first-order chi connectivity index (χ1) is 4.22. The van der Waals surface area contributed by atoms with Crippen molar-refractivity contribution in [2.75, 3.05) is 0 Å². The second-order valence-corrected chi connectivity index (χ2v) is 2.69. The largest absolute Gasteiger partial charge is 0.257 e. The summed E-state index contributed by atoms with van der Waals surface area (Å²) in [6.45, 7) is 4.15. The first-order valence-electron chi connectivity index (χ1n) is 2.94. The highest BCUT2D eigenvalue weighted by atomic mass is 32.1. The fourth-order valence-electron chi connectivity index (χ4n) is 0.705. The molecule has 1 heterocycles. The van der Waals surface area contributed by atoms with Gasteiger partial charge in [0.25, 0.3) is 0 Å². The van der Waals surface area contributed by atoms with Gasteiger partial charge in [-0.25, -0.2) is 0 Å². The van der Waals surface area contributed by atoms with Gasteiger partial charge in [-0.15, -0.1) is 12.6 Å². The second-order valence-electron chi connectivity index (χ2n) is 2.23. The Morgan fingerprint density at radius 2 is 2.33 bits per heavy atom. The summed E-state index contributed by atoms with van der Waals surface area (Å²) in [7, 11) is 0. The maximum absolute atomic E-state index is 4.19. The average Bonchev–Trinajstić information content (AvgIpc) is 2.13. The number of nitrogens with zero attached hydrogens (tertiary/aromatic N) is 2. The van der Waals surface area contributed by atoms with Gasteiger partial charge in [-0.05, 0) is 19.9 Å². The molecule has 0 amide bonds. The number of hydrogen-bond acceptors (Lipinski definition) is 2. The average molecular weight is 142 g/mol. The van der Waals surface area contributed by atoms with Crippen LogP contribution in [0.1, 0.15) is 19.9 Å². The van der Waals surface area contributed by atoms with Crippen LogP contribution in [0.3, 0.4) is 0 Å². The van der Waals surface area contributed by atoms with Gasteiger partial charge in [-0.2, -0.15) is 5.10 Å². The smallest absolute Gasteiger partial charge is 0.0912 e. The SMILES string of the molecule is CC(C)n1nccc1S. The highest BCUT2D eigenvalue weighted by molar-refractivity contribution is 7.80. The molecule has 3 heteroatoms. The summed E-state index contributed by atoms with van der Waals surface area (Å²) in [5, 5.41) is 4.98. The van der Waals surface area contributed by atoms with Gasteiger partial charge in [0.15, 0.2) is 0 Å². The number of rotatable bonds is 1. The normalized spacial score (nSPS) is 10.7. The van der Waals surface area contributed by atoms with Gasteiger partial charge in [0.05, 0.1) is 11.2 Å². The predicted octanol–water partition coefficient (Wildman–Crippen LogP) is 1.75. The van der Waals surface area contributed by atoms with E-state index in [1.54, 1.807) is 6.20 Å². The standard InChI is InChI=1S/C6H10N2S/c1-5(2)8-6(9)3-4-7-8/h3-5,9H,1-2H3. The Morgan fingerprint density at radius 3 is 2.56 bits per heavy atom. The van der Waals surface area contributed by atoms with Crippen molar-refractivity contribution in [2.24, 2.45) is 0 Å². The minimum atomic E-state index is 0.410. The van der Waals surface area contributed by atoms with Crippen molar-refractivity contribution < 1.29 is 0 Å². The maximum atomic E-state index is 4.19. The summed E-state index contributed by atoms with van der Waals surface area (Å²) < 4.78 is 1.86. The molecule has 2 nitrogen and oxygen atoms in total. The minimum Gasteiger partial charge on any atom is -0.257 e. The van der Waals surface area contributed by atoms with Crippen LogP contribution in [0.5, 0.6) is 0 Å². The van der Waals surface area contributed by atoms with Crippen molar-refractivity contribution in [1.82, 2.24) is 9.78 Å². The number of hydrogen-bond donors (Lipinski definition) is 1. The van der Waals surface area contributed by atoms with E-state index in [1.165, 1.54) is 0 Å². The monoisotopic (exact) mass is 142 g/mol. The topological polar surface area (TPSA) is 17.8 Å². The molecule has 0 aliphatic carbocycles. The first kappa shape index (κ1) is 6.68. The lowest BCUT2D eigenvalue weighted by Gasteiger charge is -2.05. The van der Waals surface area contributed by atoms with Gasteiger partial charge >= 0.3 is 0 Å². The van der Waals surface area contributed by atoms with Crippen LogP contribution in [-0.4, -0.2) is 9.78 Å². The molecule has 1 aromatic rings. The van der Waals surface area contributed by atoms with Gasteiger partial charge in [0.2, 0.25) is 0 Å². The van der Waals surface area contributed by atoms with Crippen LogP contribution < -0.4 is 0 Å². The summed E-state index contributed by atoms with van der Waals surface area (Å²) >= 11 is 4.19. The minimum absolute atomic E-state index is 0.410. The lowest BCUT2D eigenvalue weighted by Crippen LogP contribution is -2.02. The molecule has 0 spiro atoms.